The molecule has 32 heavy (non-hydrogen) atoms. The standard InChI is InChI=1S/C21H24F3N5S.C2H6/c1-4-13-7-14-8-15-11-28(5-6-29(15)17(14)9-18(13)30-3)20-26-10-16(12(2)25)19(27-20)21(22,23)24;1-2/h7-10,12H,4-6,11,25H2,1-3H3;1-2H3. The fourth-order valence-corrected chi connectivity index (χ4v) is 4.71. The van der Waals surface area contributed by atoms with Gasteiger partial charge < -0.3 is 15.2 Å². The van der Waals surface area contributed by atoms with Crippen molar-refractivity contribution >= 4 is 28.6 Å². The van der Waals surface area contributed by atoms with E-state index in [1.54, 1.807) is 16.7 Å². The number of rotatable bonds is 4. The lowest BCUT2D eigenvalue weighted by Gasteiger charge is -2.29. The summed E-state index contributed by atoms with van der Waals surface area (Å²) in [5.41, 5.74) is 8.17. The summed E-state index contributed by atoms with van der Waals surface area (Å²) in [4.78, 5) is 11.1. The van der Waals surface area contributed by atoms with Crippen molar-refractivity contribution in [3.63, 3.8) is 0 Å². The second-order valence-corrected chi connectivity index (χ2v) is 8.39. The molecule has 0 amide bonds. The predicted octanol–water partition coefficient (Wildman–Crippen LogP) is 5.80. The number of anilines is 1. The Bertz CT molecular complexity index is 1090. The molecule has 0 aliphatic carbocycles. The van der Waals surface area contributed by atoms with Crippen LogP contribution in [0.15, 0.2) is 29.3 Å². The average Bonchev–Trinajstić information content (AvgIpc) is 3.14. The summed E-state index contributed by atoms with van der Waals surface area (Å²) in [6.07, 6.45) is -0.337. The van der Waals surface area contributed by atoms with Crippen LogP contribution >= 0.6 is 11.8 Å². The minimum atomic E-state index is -4.57. The summed E-state index contributed by atoms with van der Waals surface area (Å²) >= 11 is 1.73. The van der Waals surface area contributed by atoms with Crippen molar-refractivity contribution in [2.75, 3.05) is 17.7 Å². The molecule has 0 saturated carbocycles. The van der Waals surface area contributed by atoms with Gasteiger partial charge in [0.05, 0.1) is 6.54 Å². The quantitative estimate of drug-likeness (QED) is 0.494. The van der Waals surface area contributed by atoms with E-state index < -0.39 is 17.9 Å². The first-order valence-corrected chi connectivity index (χ1v) is 12.1. The van der Waals surface area contributed by atoms with Gasteiger partial charge in [0.1, 0.15) is 0 Å². The number of benzene rings is 1. The predicted molar refractivity (Wildman–Crippen MR) is 125 cm³/mol. The van der Waals surface area contributed by atoms with E-state index in [-0.39, 0.29) is 11.5 Å². The summed E-state index contributed by atoms with van der Waals surface area (Å²) in [5, 5.41) is 1.16. The summed E-state index contributed by atoms with van der Waals surface area (Å²) < 4.78 is 42.8. The van der Waals surface area contributed by atoms with Gasteiger partial charge in [-0.1, -0.05) is 20.8 Å². The lowest BCUT2D eigenvalue weighted by molar-refractivity contribution is -0.142. The van der Waals surface area contributed by atoms with Crippen LogP contribution < -0.4 is 10.6 Å². The van der Waals surface area contributed by atoms with Gasteiger partial charge in [0.2, 0.25) is 5.95 Å². The van der Waals surface area contributed by atoms with E-state index in [0.29, 0.717) is 19.6 Å². The van der Waals surface area contributed by atoms with Crippen LogP contribution in [0.25, 0.3) is 10.9 Å². The minimum Gasteiger partial charge on any atom is -0.341 e. The first-order chi connectivity index (χ1) is 15.2. The molecule has 0 spiro atoms. The third-order valence-electron chi connectivity index (χ3n) is 5.56. The van der Waals surface area contributed by atoms with E-state index in [2.05, 4.69) is 45.9 Å². The number of nitrogens with zero attached hydrogens (tertiary/aromatic N) is 4. The largest absolute Gasteiger partial charge is 0.433 e. The zero-order valence-corrected chi connectivity index (χ0v) is 19.9. The third kappa shape index (κ3) is 4.59. The number of fused-ring (bicyclic) bond motifs is 3. The molecule has 4 rings (SSSR count). The number of hydrogen-bond acceptors (Lipinski definition) is 5. The van der Waals surface area contributed by atoms with Gasteiger partial charge in [-0.3, -0.25) is 0 Å². The van der Waals surface area contributed by atoms with Crippen LogP contribution in [0.3, 0.4) is 0 Å². The lowest BCUT2D eigenvalue weighted by Crippen LogP contribution is -2.35. The molecular formula is C23H30F3N5S. The topological polar surface area (TPSA) is 60.0 Å². The Labute approximate surface area is 191 Å². The molecule has 1 atom stereocenters. The van der Waals surface area contributed by atoms with E-state index in [0.717, 1.165) is 23.0 Å². The molecule has 1 aliphatic heterocycles. The van der Waals surface area contributed by atoms with Gasteiger partial charge in [-0.2, -0.15) is 13.2 Å². The fraction of sp³-hybridized carbons (Fsp3) is 0.478. The molecule has 3 aromatic rings. The Morgan fingerprint density at radius 3 is 2.50 bits per heavy atom. The van der Waals surface area contributed by atoms with E-state index >= 15 is 0 Å². The molecule has 1 aliphatic rings. The maximum absolute atomic E-state index is 13.5. The second-order valence-electron chi connectivity index (χ2n) is 7.55. The maximum atomic E-state index is 13.5. The van der Waals surface area contributed by atoms with Crippen LogP contribution in [0.1, 0.15) is 56.3 Å². The number of halogens is 3. The zero-order chi connectivity index (χ0) is 23.6. The van der Waals surface area contributed by atoms with Gasteiger partial charge in [0, 0.05) is 52.4 Å². The van der Waals surface area contributed by atoms with Gasteiger partial charge in [0.15, 0.2) is 5.69 Å². The van der Waals surface area contributed by atoms with E-state index in [4.69, 9.17) is 5.73 Å². The van der Waals surface area contributed by atoms with Crippen molar-refractivity contribution in [1.82, 2.24) is 14.5 Å². The van der Waals surface area contributed by atoms with Gasteiger partial charge in [-0.15, -0.1) is 11.8 Å². The molecule has 2 aromatic heterocycles. The van der Waals surface area contributed by atoms with Gasteiger partial charge in [-0.25, -0.2) is 9.97 Å². The normalized spacial score (nSPS) is 14.7. The summed E-state index contributed by atoms with van der Waals surface area (Å²) in [5.74, 6) is 0.0854. The molecule has 0 bridgehead atoms. The van der Waals surface area contributed by atoms with E-state index in [1.165, 1.54) is 23.6 Å². The molecule has 0 radical (unpaired) electrons. The summed E-state index contributed by atoms with van der Waals surface area (Å²) in [6.45, 7) is 9.30. The molecule has 174 valence electrons. The van der Waals surface area contributed by atoms with Crippen molar-refractivity contribution in [3.05, 3.63) is 46.9 Å². The van der Waals surface area contributed by atoms with Gasteiger partial charge in [0.25, 0.3) is 0 Å². The highest BCUT2D eigenvalue weighted by Gasteiger charge is 2.37. The highest BCUT2D eigenvalue weighted by atomic mass is 32.2. The number of aromatic nitrogens is 3. The third-order valence-corrected chi connectivity index (χ3v) is 6.38. The molecule has 2 N–H and O–H groups in total. The van der Waals surface area contributed by atoms with Crippen LogP contribution in [0.5, 0.6) is 0 Å². The molecule has 5 nitrogen and oxygen atoms in total. The minimum absolute atomic E-state index is 0.0854. The molecule has 9 heteroatoms. The van der Waals surface area contributed by atoms with Crippen molar-refractivity contribution in [1.29, 1.82) is 0 Å². The molecule has 1 aromatic carbocycles. The average molecular weight is 466 g/mol. The van der Waals surface area contributed by atoms with Crippen LogP contribution in [-0.4, -0.2) is 27.3 Å². The lowest BCUT2D eigenvalue weighted by atomic mass is 10.1. The van der Waals surface area contributed by atoms with Crippen molar-refractivity contribution in [3.8, 4) is 0 Å². The van der Waals surface area contributed by atoms with Crippen LogP contribution in [-0.2, 0) is 25.7 Å². The fourth-order valence-electron chi connectivity index (χ4n) is 4.02. The summed E-state index contributed by atoms with van der Waals surface area (Å²) in [7, 11) is 0. The SMILES string of the molecule is CC.CCc1cc2cc3n(c2cc1SC)CCN(c1ncc(C(C)N)c(C(F)(F)F)n1)C3. The Hall–Kier alpha value is -2.26. The number of aryl methyl sites for hydroxylation is 1. The van der Waals surface area contributed by atoms with Gasteiger partial charge >= 0.3 is 6.18 Å². The second kappa shape index (κ2) is 9.70. The number of alkyl halides is 3. The van der Waals surface area contributed by atoms with E-state index in [1.807, 2.05) is 13.8 Å². The Balaban J connectivity index is 0.00000141. The molecule has 3 heterocycles. The van der Waals surface area contributed by atoms with Crippen LogP contribution in [0, 0.1) is 0 Å². The van der Waals surface area contributed by atoms with Crippen LogP contribution in [0.2, 0.25) is 0 Å². The number of thioether (sulfide) groups is 1. The van der Waals surface area contributed by atoms with Crippen molar-refractivity contribution in [2.24, 2.45) is 5.73 Å². The molecular weight excluding hydrogens is 435 g/mol. The van der Waals surface area contributed by atoms with E-state index in [9.17, 15) is 13.2 Å². The molecule has 0 fully saturated rings. The molecule has 1 unspecified atom stereocenters. The van der Waals surface area contributed by atoms with Crippen molar-refractivity contribution in [2.45, 2.75) is 64.3 Å². The smallest absolute Gasteiger partial charge is 0.341 e. The highest BCUT2D eigenvalue weighted by molar-refractivity contribution is 7.98. The Kier molecular flexibility index (Phi) is 7.39. The summed E-state index contributed by atoms with van der Waals surface area (Å²) in [6, 6.07) is 5.75. The number of nitrogens with two attached hydrogens (primary N) is 1. The van der Waals surface area contributed by atoms with Crippen LogP contribution in [0.4, 0.5) is 19.1 Å². The maximum Gasteiger partial charge on any atom is 0.433 e. The highest BCUT2D eigenvalue weighted by Crippen LogP contribution is 2.35. The zero-order valence-electron chi connectivity index (χ0n) is 19.1. The first-order valence-electron chi connectivity index (χ1n) is 10.9. The van der Waals surface area contributed by atoms with Crippen molar-refractivity contribution < 1.29 is 13.2 Å². The first kappa shape index (κ1) is 24.4. The Morgan fingerprint density at radius 1 is 1.19 bits per heavy atom. The van der Waals surface area contributed by atoms with Gasteiger partial charge in [-0.05, 0) is 43.4 Å². The number of hydrogen-bond donors (Lipinski definition) is 1. The Morgan fingerprint density at radius 2 is 1.91 bits per heavy atom. The monoisotopic (exact) mass is 465 g/mol. The molecule has 0 saturated heterocycles.